The monoisotopic (exact) mass is 266 g/mol. The van der Waals surface area contributed by atoms with Crippen molar-refractivity contribution in [2.24, 2.45) is 0 Å². The highest BCUT2D eigenvalue weighted by atomic mass is 79.9. The number of carbonyl (C=O) groups excluding carboxylic acids is 1. The zero-order valence-electron chi connectivity index (χ0n) is 8.35. The molecule has 1 aromatic rings. The van der Waals surface area contributed by atoms with E-state index in [2.05, 4.69) is 20.9 Å². The van der Waals surface area contributed by atoms with Gasteiger partial charge in [-0.15, -0.1) is 0 Å². The van der Waals surface area contributed by atoms with Crippen molar-refractivity contribution < 1.29 is 4.79 Å². The van der Waals surface area contributed by atoms with E-state index in [1.807, 2.05) is 31.2 Å². The number of aromatic nitrogens is 1. The molecular formula is C11H11BrN2O. The maximum Gasteiger partial charge on any atom is 0.251 e. The lowest BCUT2D eigenvalue weighted by Gasteiger charge is -2.31. The zero-order valence-corrected chi connectivity index (χ0v) is 9.94. The Hall–Kier alpha value is -1.16. The molecule has 0 radical (unpaired) electrons. The molecule has 0 saturated heterocycles. The number of rotatable bonds is 1. The third kappa shape index (κ3) is 2.26. The normalized spacial score (nSPS) is 25.7. The number of anilines is 1. The second-order valence-corrected chi connectivity index (χ2v) is 5.54. The molecule has 0 bridgehead atoms. The molecule has 1 aliphatic heterocycles. The van der Waals surface area contributed by atoms with Gasteiger partial charge in [-0.2, -0.15) is 0 Å². The van der Waals surface area contributed by atoms with E-state index in [4.69, 9.17) is 0 Å². The van der Waals surface area contributed by atoms with Gasteiger partial charge in [-0.05, 0) is 19.1 Å². The van der Waals surface area contributed by atoms with E-state index < -0.39 is 0 Å². The van der Waals surface area contributed by atoms with E-state index in [1.165, 1.54) is 0 Å². The minimum atomic E-state index is -0.168. The molecule has 0 aromatic carbocycles. The van der Waals surface area contributed by atoms with Gasteiger partial charge in [0.05, 0.1) is 4.32 Å². The summed E-state index contributed by atoms with van der Waals surface area (Å²) >= 11 is 3.55. The van der Waals surface area contributed by atoms with Gasteiger partial charge >= 0.3 is 0 Å². The van der Waals surface area contributed by atoms with Crippen molar-refractivity contribution in [3.05, 3.63) is 36.5 Å². The van der Waals surface area contributed by atoms with Crippen molar-refractivity contribution in [1.29, 1.82) is 0 Å². The second kappa shape index (κ2) is 3.77. The smallest absolute Gasteiger partial charge is 0.251 e. The van der Waals surface area contributed by atoms with Crippen LogP contribution in [0.4, 0.5) is 5.82 Å². The fraction of sp³-hybridized carbons (Fsp3) is 0.273. The van der Waals surface area contributed by atoms with Crippen LogP contribution in [0.3, 0.4) is 0 Å². The number of alkyl halides is 1. The lowest BCUT2D eigenvalue weighted by Crippen LogP contribution is -2.43. The molecule has 0 fully saturated rings. The average Bonchev–Trinajstić information content (AvgIpc) is 2.23. The molecule has 1 amide bonds. The van der Waals surface area contributed by atoms with Gasteiger partial charge in [0, 0.05) is 18.8 Å². The predicted octanol–water partition coefficient (Wildman–Crippen LogP) is 2.14. The maximum absolute atomic E-state index is 11.7. The first-order chi connectivity index (χ1) is 7.08. The van der Waals surface area contributed by atoms with E-state index in [0.717, 1.165) is 0 Å². The van der Waals surface area contributed by atoms with E-state index in [0.29, 0.717) is 12.4 Å². The summed E-state index contributed by atoms with van der Waals surface area (Å²) in [5.74, 6) is 0.670. The van der Waals surface area contributed by atoms with Crippen LogP contribution in [0.5, 0.6) is 0 Å². The average molecular weight is 267 g/mol. The lowest BCUT2D eigenvalue weighted by molar-refractivity contribution is -0.114. The highest BCUT2D eigenvalue weighted by Crippen LogP contribution is 2.26. The van der Waals surface area contributed by atoms with Crippen molar-refractivity contribution >= 4 is 27.7 Å². The summed E-state index contributed by atoms with van der Waals surface area (Å²) in [5, 5.41) is 0. The van der Waals surface area contributed by atoms with E-state index in [-0.39, 0.29) is 10.2 Å². The van der Waals surface area contributed by atoms with Crippen LogP contribution in [-0.2, 0) is 4.79 Å². The van der Waals surface area contributed by atoms with E-state index >= 15 is 0 Å². The number of hydrogen-bond donors (Lipinski definition) is 0. The molecule has 1 aromatic heterocycles. The standard InChI is InChI=1S/C11H11BrN2O/c1-11(12)6-5-10(15)14(8-11)9-4-2-3-7-13-9/h2-7H,8H2,1H3. The third-order valence-corrected chi connectivity index (χ3v) is 2.75. The van der Waals surface area contributed by atoms with E-state index in [1.54, 1.807) is 17.2 Å². The number of pyridine rings is 1. The van der Waals surface area contributed by atoms with Crippen molar-refractivity contribution in [1.82, 2.24) is 4.98 Å². The first kappa shape index (κ1) is 10.4. The van der Waals surface area contributed by atoms with Crippen LogP contribution in [0.2, 0.25) is 0 Å². The molecule has 1 unspecified atom stereocenters. The Kier molecular flexibility index (Phi) is 2.61. The maximum atomic E-state index is 11.7. The number of hydrogen-bond acceptors (Lipinski definition) is 2. The molecule has 2 heterocycles. The molecule has 0 saturated carbocycles. The molecule has 15 heavy (non-hydrogen) atoms. The van der Waals surface area contributed by atoms with Crippen molar-refractivity contribution in [2.75, 3.05) is 11.4 Å². The summed E-state index contributed by atoms with van der Waals surface area (Å²) in [6, 6.07) is 5.54. The van der Waals surface area contributed by atoms with Crippen LogP contribution in [0.1, 0.15) is 6.92 Å². The quantitative estimate of drug-likeness (QED) is 0.730. The Balaban J connectivity index is 2.31. The number of halogens is 1. The van der Waals surface area contributed by atoms with Gasteiger partial charge in [0.25, 0.3) is 5.91 Å². The largest absolute Gasteiger partial charge is 0.292 e. The van der Waals surface area contributed by atoms with Gasteiger partial charge in [-0.1, -0.05) is 28.1 Å². The molecule has 0 aliphatic carbocycles. The molecule has 0 N–H and O–H groups in total. The summed E-state index contributed by atoms with van der Waals surface area (Å²) in [6.07, 6.45) is 5.13. The minimum absolute atomic E-state index is 0.0226. The number of carbonyl (C=O) groups is 1. The van der Waals surface area contributed by atoms with Crippen LogP contribution < -0.4 is 4.90 Å². The topological polar surface area (TPSA) is 33.2 Å². The molecule has 78 valence electrons. The second-order valence-electron chi connectivity index (χ2n) is 3.72. The zero-order chi connectivity index (χ0) is 10.9. The van der Waals surface area contributed by atoms with Crippen LogP contribution in [0.25, 0.3) is 0 Å². The molecule has 3 nitrogen and oxygen atoms in total. The third-order valence-electron chi connectivity index (χ3n) is 2.23. The fourth-order valence-corrected chi connectivity index (χ4v) is 1.87. The van der Waals surface area contributed by atoms with Crippen molar-refractivity contribution in [3.8, 4) is 0 Å². The first-order valence-electron chi connectivity index (χ1n) is 4.69. The van der Waals surface area contributed by atoms with Crippen LogP contribution in [-0.4, -0.2) is 21.8 Å². The van der Waals surface area contributed by atoms with E-state index in [9.17, 15) is 4.79 Å². The number of amides is 1. The first-order valence-corrected chi connectivity index (χ1v) is 5.48. The summed E-state index contributed by atoms with van der Waals surface area (Å²) in [5.41, 5.74) is 0. The fourth-order valence-electron chi connectivity index (χ4n) is 1.48. The summed E-state index contributed by atoms with van der Waals surface area (Å²) in [6.45, 7) is 2.62. The number of nitrogens with zero attached hydrogens (tertiary/aromatic N) is 2. The summed E-state index contributed by atoms with van der Waals surface area (Å²) in [7, 11) is 0. The summed E-state index contributed by atoms with van der Waals surface area (Å²) in [4.78, 5) is 17.5. The Labute approximate surface area is 96.9 Å². The van der Waals surface area contributed by atoms with Gasteiger partial charge in [0.1, 0.15) is 5.82 Å². The highest BCUT2D eigenvalue weighted by molar-refractivity contribution is 9.10. The molecule has 1 aliphatic rings. The van der Waals surface area contributed by atoms with Gasteiger partial charge in [-0.3, -0.25) is 9.69 Å². The molecule has 4 heteroatoms. The van der Waals surface area contributed by atoms with Crippen LogP contribution >= 0.6 is 15.9 Å². The Morgan fingerprint density at radius 2 is 2.33 bits per heavy atom. The SMILES string of the molecule is CC1(Br)C=CC(=O)N(c2ccccn2)C1. The lowest BCUT2D eigenvalue weighted by atomic mass is 10.1. The summed E-state index contributed by atoms with van der Waals surface area (Å²) < 4.78 is -0.168. The van der Waals surface area contributed by atoms with Crippen LogP contribution in [0.15, 0.2) is 36.5 Å². The van der Waals surface area contributed by atoms with Crippen molar-refractivity contribution in [2.45, 2.75) is 11.2 Å². The van der Waals surface area contributed by atoms with Gasteiger partial charge in [0.15, 0.2) is 0 Å². The Morgan fingerprint density at radius 3 is 3.00 bits per heavy atom. The molecular weight excluding hydrogens is 256 g/mol. The Morgan fingerprint density at radius 1 is 1.53 bits per heavy atom. The van der Waals surface area contributed by atoms with Crippen molar-refractivity contribution in [3.63, 3.8) is 0 Å². The van der Waals surface area contributed by atoms with Gasteiger partial charge in [-0.25, -0.2) is 4.98 Å². The molecule has 0 spiro atoms. The Bertz CT molecular complexity index is 400. The van der Waals surface area contributed by atoms with Gasteiger partial charge < -0.3 is 0 Å². The molecule has 2 rings (SSSR count). The van der Waals surface area contributed by atoms with Crippen LogP contribution in [0, 0.1) is 0 Å². The predicted molar refractivity (Wildman–Crippen MR) is 63.1 cm³/mol. The molecule has 1 atom stereocenters. The van der Waals surface area contributed by atoms with Gasteiger partial charge in [0.2, 0.25) is 0 Å². The highest BCUT2D eigenvalue weighted by Gasteiger charge is 2.29. The minimum Gasteiger partial charge on any atom is -0.292 e.